The van der Waals surface area contributed by atoms with Crippen LogP contribution in [0.4, 0.5) is 5.69 Å². The number of anilines is 1. The average Bonchev–Trinajstić information content (AvgIpc) is 3.29. The van der Waals surface area contributed by atoms with Gasteiger partial charge in [0.2, 0.25) is 11.8 Å². The molecule has 2 atom stereocenters. The first-order valence-corrected chi connectivity index (χ1v) is 9.70. The number of nitrogens with zero attached hydrogens (tertiary/aromatic N) is 4. The van der Waals surface area contributed by atoms with Gasteiger partial charge in [-0.1, -0.05) is 31.1 Å². The van der Waals surface area contributed by atoms with Crippen LogP contribution >= 0.6 is 0 Å². The van der Waals surface area contributed by atoms with Gasteiger partial charge in [0.05, 0.1) is 6.04 Å². The normalized spacial score (nSPS) is 24.1. The van der Waals surface area contributed by atoms with E-state index in [0.29, 0.717) is 30.6 Å². The van der Waals surface area contributed by atoms with Crippen LogP contribution in [0.5, 0.6) is 0 Å². The molecule has 0 saturated carbocycles. The molecule has 27 heavy (non-hydrogen) atoms. The monoisotopic (exact) mass is 369 g/mol. The summed E-state index contributed by atoms with van der Waals surface area (Å²) in [5, 5.41) is 7.51. The molecule has 1 N–H and O–H groups in total. The van der Waals surface area contributed by atoms with Crippen molar-refractivity contribution in [2.24, 2.45) is 0 Å². The molecule has 0 spiro atoms. The van der Waals surface area contributed by atoms with Crippen molar-refractivity contribution in [1.29, 1.82) is 0 Å². The van der Waals surface area contributed by atoms with Crippen LogP contribution < -0.4 is 10.2 Å². The van der Waals surface area contributed by atoms with Gasteiger partial charge in [0, 0.05) is 31.9 Å². The molecule has 7 heteroatoms. The summed E-state index contributed by atoms with van der Waals surface area (Å²) in [6.07, 6.45) is 0.700. The van der Waals surface area contributed by atoms with Crippen LogP contribution in [0.1, 0.15) is 55.4 Å². The fourth-order valence-corrected chi connectivity index (χ4v) is 3.82. The molecule has 0 bridgehead atoms. The Labute approximate surface area is 159 Å². The standard InChI is InChI=1S/C20H27N5O2/c1-13(2)14-4-6-15(7-5-14)25-10-8-16(20(25)26)19-22-18(23-27-19)17-12-21-9-11-24(17)3/h4-7,13,16-17,21H,8-12H2,1-3H3. The van der Waals surface area contributed by atoms with Gasteiger partial charge in [-0.05, 0) is 37.1 Å². The Balaban J connectivity index is 1.49. The summed E-state index contributed by atoms with van der Waals surface area (Å²) in [5.41, 5.74) is 2.21. The highest BCUT2D eigenvalue weighted by molar-refractivity contribution is 5.99. The molecule has 1 amide bonds. The number of amides is 1. The van der Waals surface area contributed by atoms with E-state index in [9.17, 15) is 4.79 Å². The van der Waals surface area contributed by atoms with E-state index in [0.717, 1.165) is 25.3 Å². The molecule has 1 aromatic heterocycles. The van der Waals surface area contributed by atoms with E-state index >= 15 is 0 Å². The summed E-state index contributed by atoms with van der Waals surface area (Å²) in [7, 11) is 2.06. The SMILES string of the molecule is CC(C)c1ccc(N2CCC(c3nc(C4CNCCN4C)no3)C2=O)cc1. The molecule has 2 aromatic rings. The molecule has 144 valence electrons. The van der Waals surface area contributed by atoms with E-state index in [1.807, 2.05) is 17.0 Å². The van der Waals surface area contributed by atoms with E-state index in [-0.39, 0.29) is 17.9 Å². The van der Waals surface area contributed by atoms with Crippen molar-refractivity contribution in [3.05, 3.63) is 41.5 Å². The van der Waals surface area contributed by atoms with Crippen LogP contribution in [-0.2, 0) is 4.79 Å². The maximum absolute atomic E-state index is 13.0. The van der Waals surface area contributed by atoms with E-state index in [1.165, 1.54) is 5.56 Å². The lowest BCUT2D eigenvalue weighted by molar-refractivity contribution is -0.118. The summed E-state index contributed by atoms with van der Waals surface area (Å²) in [4.78, 5) is 21.6. The molecular weight excluding hydrogens is 342 g/mol. The number of rotatable bonds is 4. The lowest BCUT2D eigenvalue weighted by Crippen LogP contribution is -2.44. The van der Waals surface area contributed by atoms with Crippen LogP contribution in [0.3, 0.4) is 0 Å². The summed E-state index contributed by atoms with van der Waals surface area (Å²) in [6.45, 7) is 7.70. The van der Waals surface area contributed by atoms with Crippen molar-refractivity contribution in [3.8, 4) is 0 Å². The zero-order valence-electron chi connectivity index (χ0n) is 16.2. The van der Waals surface area contributed by atoms with Crippen LogP contribution in [-0.4, -0.2) is 54.2 Å². The maximum atomic E-state index is 13.0. The van der Waals surface area contributed by atoms with Crippen molar-refractivity contribution in [3.63, 3.8) is 0 Å². The van der Waals surface area contributed by atoms with Gasteiger partial charge in [-0.2, -0.15) is 4.98 Å². The number of carbonyl (C=O) groups is 1. The Kier molecular flexibility index (Phi) is 4.97. The van der Waals surface area contributed by atoms with Crippen molar-refractivity contribution in [1.82, 2.24) is 20.4 Å². The predicted molar refractivity (Wildman–Crippen MR) is 103 cm³/mol. The summed E-state index contributed by atoms with van der Waals surface area (Å²) >= 11 is 0. The molecular formula is C20H27N5O2. The predicted octanol–water partition coefficient (Wildman–Crippen LogP) is 2.29. The van der Waals surface area contributed by atoms with Crippen molar-refractivity contribution < 1.29 is 9.32 Å². The molecule has 4 rings (SSSR count). The molecule has 1 aromatic carbocycles. The number of carbonyl (C=O) groups excluding carboxylic acids is 1. The van der Waals surface area contributed by atoms with Crippen molar-refractivity contribution >= 4 is 11.6 Å². The molecule has 2 aliphatic heterocycles. The van der Waals surface area contributed by atoms with Crippen LogP contribution in [0.15, 0.2) is 28.8 Å². The maximum Gasteiger partial charge on any atom is 0.239 e. The van der Waals surface area contributed by atoms with Gasteiger partial charge in [-0.25, -0.2) is 0 Å². The first-order valence-electron chi connectivity index (χ1n) is 9.70. The minimum atomic E-state index is -0.349. The van der Waals surface area contributed by atoms with Gasteiger partial charge in [-0.3, -0.25) is 9.69 Å². The quantitative estimate of drug-likeness (QED) is 0.891. The molecule has 3 heterocycles. The second-order valence-electron chi connectivity index (χ2n) is 7.77. The zero-order valence-corrected chi connectivity index (χ0v) is 16.2. The highest BCUT2D eigenvalue weighted by Gasteiger charge is 2.38. The smallest absolute Gasteiger partial charge is 0.239 e. The minimum Gasteiger partial charge on any atom is -0.338 e. The number of aromatic nitrogens is 2. The van der Waals surface area contributed by atoms with Gasteiger partial charge in [0.15, 0.2) is 5.82 Å². The van der Waals surface area contributed by atoms with Crippen LogP contribution in [0.2, 0.25) is 0 Å². The molecule has 0 aliphatic carbocycles. The Hall–Kier alpha value is -2.25. The van der Waals surface area contributed by atoms with Crippen molar-refractivity contribution in [2.45, 2.75) is 38.1 Å². The van der Waals surface area contributed by atoms with Gasteiger partial charge >= 0.3 is 0 Å². The van der Waals surface area contributed by atoms with E-state index < -0.39 is 0 Å². The number of piperazine rings is 1. The highest BCUT2D eigenvalue weighted by Crippen LogP contribution is 2.32. The molecule has 2 saturated heterocycles. The highest BCUT2D eigenvalue weighted by atomic mass is 16.5. The second-order valence-corrected chi connectivity index (χ2v) is 7.77. The summed E-state index contributed by atoms with van der Waals surface area (Å²) in [6, 6.07) is 8.33. The topological polar surface area (TPSA) is 74.5 Å². The number of hydrogen-bond acceptors (Lipinski definition) is 6. The van der Waals surface area contributed by atoms with E-state index in [2.05, 4.69) is 53.4 Å². The Morgan fingerprint density at radius 3 is 2.70 bits per heavy atom. The van der Waals surface area contributed by atoms with Crippen LogP contribution in [0, 0.1) is 0 Å². The Bertz CT molecular complexity index is 801. The second kappa shape index (κ2) is 7.40. The van der Waals surface area contributed by atoms with Crippen molar-refractivity contribution in [2.75, 3.05) is 38.1 Å². The summed E-state index contributed by atoms with van der Waals surface area (Å²) in [5.74, 6) is 1.27. The van der Waals surface area contributed by atoms with E-state index in [4.69, 9.17) is 4.52 Å². The van der Waals surface area contributed by atoms with Gasteiger partial charge in [0.25, 0.3) is 0 Å². The van der Waals surface area contributed by atoms with Gasteiger partial charge in [0.1, 0.15) is 5.92 Å². The molecule has 7 nitrogen and oxygen atoms in total. The largest absolute Gasteiger partial charge is 0.338 e. The van der Waals surface area contributed by atoms with Gasteiger partial charge in [-0.15, -0.1) is 0 Å². The lowest BCUT2D eigenvalue weighted by atomic mass is 10.0. The average molecular weight is 369 g/mol. The fourth-order valence-electron chi connectivity index (χ4n) is 3.82. The molecule has 2 unspecified atom stereocenters. The van der Waals surface area contributed by atoms with E-state index in [1.54, 1.807) is 0 Å². The van der Waals surface area contributed by atoms with Gasteiger partial charge < -0.3 is 14.7 Å². The molecule has 2 fully saturated rings. The third-order valence-electron chi connectivity index (χ3n) is 5.64. The number of benzene rings is 1. The Morgan fingerprint density at radius 1 is 1.22 bits per heavy atom. The summed E-state index contributed by atoms with van der Waals surface area (Å²) < 4.78 is 5.49. The number of likely N-dealkylation sites (N-methyl/N-ethyl adjacent to an activating group) is 1. The first-order chi connectivity index (χ1) is 13.0. The number of hydrogen-bond donors (Lipinski definition) is 1. The fraction of sp³-hybridized carbons (Fsp3) is 0.550. The third kappa shape index (κ3) is 3.49. The zero-order chi connectivity index (χ0) is 19.0. The van der Waals surface area contributed by atoms with Crippen LogP contribution in [0.25, 0.3) is 0 Å². The third-order valence-corrected chi connectivity index (χ3v) is 5.64. The molecule has 2 aliphatic rings. The Morgan fingerprint density at radius 2 is 2.00 bits per heavy atom. The number of nitrogens with one attached hydrogen (secondary N) is 1. The molecule has 0 radical (unpaired) electrons. The first kappa shape index (κ1) is 18.1. The minimum absolute atomic E-state index is 0.0395. The lowest BCUT2D eigenvalue weighted by Gasteiger charge is -2.30.